The summed E-state index contributed by atoms with van der Waals surface area (Å²) in [7, 11) is -3.78. The van der Waals surface area contributed by atoms with Crippen molar-refractivity contribution in [2.45, 2.75) is 37.6 Å². The molecule has 0 atom stereocenters. The van der Waals surface area contributed by atoms with E-state index in [0.717, 1.165) is 0 Å². The topological polar surface area (TPSA) is 102 Å². The highest BCUT2D eigenvalue weighted by Crippen LogP contribution is 2.34. The fourth-order valence-corrected chi connectivity index (χ4v) is 5.20. The van der Waals surface area contributed by atoms with Gasteiger partial charge in [-0.25, -0.2) is 18.1 Å². The number of amides is 1. The van der Waals surface area contributed by atoms with E-state index < -0.39 is 21.5 Å². The number of carbonyl (C=O) groups is 1. The lowest BCUT2D eigenvalue weighted by atomic mass is 10.1. The van der Waals surface area contributed by atoms with Gasteiger partial charge in [-0.3, -0.25) is 4.79 Å². The van der Waals surface area contributed by atoms with Crippen LogP contribution in [0.1, 0.15) is 26.3 Å². The van der Waals surface area contributed by atoms with Crippen molar-refractivity contribution in [1.82, 2.24) is 9.71 Å². The molecular weight excluding hydrogens is 414 g/mol. The van der Waals surface area contributed by atoms with Gasteiger partial charge >= 0.3 is 0 Å². The van der Waals surface area contributed by atoms with E-state index in [0.29, 0.717) is 19.9 Å². The Morgan fingerprint density at radius 3 is 2.54 bits per heavy atom. The van der Waals surface area contributed by atoms with Crippen molar-refractivity contribution in [1.29, 1.82) is 0 Å². The van der Waals surface area contributed by atoms with Crippen LogP contribution in [0.2, 0.25) is 0 Å². The van der Waals surface area contributed by atoms with Crippen LogP contribution in [-0.2, 0) is 21.2 Å². The average molecular weight is 432 g/mol. The minimum Gasteiger partial charge on any atom is -0.369 e. The Morgan fingerprint density at radius 1 is 1.38 bits per heavy atom. The number of rotatable bonds is 5. The molecule has 0 unspecified atom stereocenters. The van der Waals surface area contributed by atoms with Crippen molar-refractivity contribution in [3.63, 3.8) is 0 Å². The Kier molecular flexibility index (Phi) is 5.48. The highest BCUT2D eigenvalue weighted by atomic mass is 79.9. The molecule has 1 heterocycles. The number of nitrogens with zero attached hydrogens (tertiary/aromatic N) is 1. The zero-order valence-corrected chi connectivity index (χ0v) is 16.7. The van der Waals surface area contributed by atoms with E-state index in [-0.39, 0.29) is 11.3 Å². The largest absolute Gasteiger partial charge is 0.369 e. The van der Waals surface area contributed by atoms with Gasteiger partial charge in [0.25, 0.3) is 0 Å². The molecule has 1 amide bonds. The molecule has 0 aliphatic heterocycles. The molecule has 0 aliphatic carbocycles. The van der Waals surface area contributed by atoms with Gasteiger partial charge in [-0.15, -0.1) is 11.3 Å². The minimum absolute atomic E-state index is 0.0231. The van der Waals surface area contributed by atoms with Crippen LogP contribution in [0, 0.1) is 0 Å². The highest BCUT2D eigenvalue weighted by molar-refractivity contribution is 9.11. The van der Waals surface area contributed by atoms with Crippen LogP contribution >= 0.6 is 27.3 Å². The van der Waals surface area contributed by atoms with Gasteiger partial charge in [-0.05, 0) is 48.3 Å². The maximum atomic E-state index is 12.8. The summed E-state index contributed by atoms with van der Waals surface area (Å²) in [5.74, 6) is -0.518. The lowest BCUT2D eigenvalue weighted by molar-refractivity contribution is -0.117. The van der Waals surface area contributed by atoms with Crippen LogP contribution in [0.25, 0.3) is 10.4 Å². The molecule has 0 aliphatic rings. The lowest BCUT2D eigenvalue weighted by Gasteiger charge is -2.21. The molecule has 0 radical (unpaired) electrons. The molecule has 0 saturated heterocycles. The van der Waals surface area contributed by atoms with Crippen LogP contribution < -0.4 is 10.5 Å². The number of hydrogen-bond donors (Lipinski definition) is 2. The van der Waals surface area contributed by atoms with Gasteiger partial charge in [0.15, 0.2) is 3.92 Å². The van der Waals surface area contributed by atoms with Crippen LogP contribution in [0.5, 0.6) is 0 Å². The van der Waals surface area contributed by atoms with E-state index in [1.807, 2.05) is 0 Å². The maximum Gasteiger partial charge on any atom is 0.241 e. The number of halogens is 1. The van der Waals surface area contributed by atoms with E-state index in [9.17, 15) is 13.2 Å². The SMILES string of the molecule is CC(C)(C)NS(=O)(=O)c1cc(CC(N)=O)ccc1-c1cnc(Br)s1. The molecule has 130 valence electrons. The molecule has 0 spiro atoms. The smallest absolute Gasteiger partial charge is 0.241 e. The summed E-state index contributed by atoms with van der Waals surface area (Å²) < 4.78 is 29.0. The van der Waals surface area contributed by atoms with E-state index in [1.54, 1.807) is 39.1 Å². The Bertz CT molecular complexity index is 870. The average Bonchev–Trinajstić information content (AvgIpc) is 2.82. The number of aromatic nitrogens is 1. The Balaban J connectivity index is 2.61. The number of primary amides is 1. The third kappa shape index (κ3) is 4.85. The molecule has 3 N–H and O–H groups in total. The molecule has 2 rings (SSSR count). The summed E-state index contributed by atoms with van der Waals surface area (Å²) in [4.78, 5) is 16.1. The summed E-state index contributed by atoms with van der Waals surface area (Å²) in [6, 6.07) is 4.86. The van der Waals surface area contributed by atoms with Crippen LogP contribution in [0.15, 0.2) is 33.2 Å². The summed E-state index contributed by atoms with van der Waals surface area (Å²) in [6.45, 7) is 5.29. The quantitative estimate of drug-likeness (QED) is 0.759. The van der Waals surface area contributed by atoms with Gasteiger partial charge in [-0.1, -0.05) is 12.1 Å². The standard InChI is InChI=1S/C15H18BrN3O3S2/c1-15(2,3)19-24(21,22)12-6-9(7-13(17)20)4-5-10(12)11-8-18-14(16)23-11/h4-6,8,19H,7H2,1-3H3,(H2,17,20). The first-order valence-corrected chi connectivity index (χ1v) is 10.1. The number of hydrogen-bond acceptors (Lipinski definition) is 5. The molecule has 0 fully saturated rings. The normalized spacial score (nSPS) is 12.3. The van der Waals surface area contributed by atoms with Gasteiger partial charge in [0.2, 0.25) is 15.9 Å². The van der Waals surface area contributed by atoms with E-state index in [1.165, 1.54) is 17.4 Å². The zero-order valence-electron chi connectivity index (χ0n) is 13.5. The van der Waals surface area contributed by atoms with Crippen molar-refractivity contribution in [2.75, 3.05) is 0 Å². The van der Waals surface area contributed by atoms with Crippen molar-refractivity contribution in [3.05, 3.63) is 33.9 Å². The summed E-state index contributed by atoms with van der Waals surface area (Å²) in [6.07, 6.45) is 1.58. The van der Waals surface area contributed by atoms with Crippen molar-refractivity contribution in [2.24, 2.45) is 5.73 Å². The second-order valence-corrected chi connectivity index (χ2v) is 10.3. The number of nitrogens with one attached hydrogen (secondary N) is 1. The van der Waals surface area contributed by atoms with Crippen LogP contribution in [0.3, 0.4) is 0 Å². The molecule has 9 heteroatoms. The Morgan fingerprint density at radius 2 is 2.04 bits per heavy atom. The minimum atomic E-state index is -3.78. The predicted octanol–water partition coefficient (Wildman–Crippen LogP) is 2.68. The van der Waals surface area contributed by atoms with Gasteiger partial charge < -0.3 is 5.73 Å². The van der Waals surface area contributed by atoms with Gasteiger partial charge in [0.1, 0.15) is 0 Å². The first-order chi connectivity index (χ1) is 11.0. The first-order valence-electron chi connectivity index (χ1n) is 7.05. The Hall–Kier alpha value is -1.29. The summed E-state index contributed by atoms with van der Waals surface area (Å²) in [5, 5.41) is 0. The molecule has 24 heavy (non-hydrogen) atoms. The number of carbonyl (C=O) groups excluding carboxylic acids is 1. The maximum absolute atomic E-state index is 12.8. The molecule has 1 aromatic carbocycles. The van der Waals surface area contributed by atoms with Crippen molar-refractivity contribution < 1.29 is 13.2 Å². The van der Waals surface area contributed by atoms with E-state index in [4.69, 9.17) is 5.73 Å². The van der Waals surface area contributed by atoms with E-state index in [2.05, 4.69) is 25.6 Å². The summed E-state index contributed by atoms with van der Waals surface area (Å²) in [5.41, 5.74) is 5.66. The van der Waals surface area contributed by atoms with Gasteiger partial charge in [0.05, 0.1) is 16.2 Å². The van der Waals surface area contributed by atoms with Gasteiger partial charge in [0, 0.05) is 17.3 Å². The second-order valence-electron chi connectivity index (χ2n) is 6.31. The Labute approximate surface area is 153 Å². The molecule has 2 aromatic rings. The fraction of sp³-hybridized carbons (Fsp3) is 0.333. The lowest BCUT2D eigenvalue weighted by Crippen LogP contribution is -2.40. The first kappa shape index (κ1) is 19.0. The second kappa shape index (κ2) is 6.91. The van der Waals surface area contributed by atoms with Gasteiger partial charge in [-0.2, -0.15) is 0 Å². The van der Waals surface area contributed by atoms with Crippen molar-refractivity contribution >= 4 is 43.2 Å². The molecule has 6 nitrogen and oxygen atoms in total. The number of nitrogens with two attached hydrogens (primary N) is 1. The summed E-state index contributed by atoms with van der Waals surface area (Å²) >= 11 is 4.61. The van der Waals surface area contributed by atoms with Crippen LogP contribution in [0.4, 0.5) is 0 Å². The highest BCUT2D eigenvalue weighted by Gasteiger charge is 2.26. The third-order valence-electron chi connectivity index (χ3n) is 2.90. The predicted molar refractivity (Wildman–Crippen MR) is 98.2 cm³/mol. The number of sulfonamides is 1. The number of benzene rings is 1. The zero-order chi connectivity index (χ0) is 18.1. The molecule has 1 aromatic heterocycles. The van der Waals surface area contributed by atoms with Crippen LogP contribution in [-0.4, -0.2) is 24.8 Å². The third-order valence-corrected chi connectivity index (χ3v) is 6.20. The number of thiazole rings is 1. The van der Waals surface area contributed by atoms with E-state index >= 15 is 0 Å². The molecular formula is C15H18BrN3O3S2. The molecule has 0 bridgehead atoms. The monoisotopic (exact) mass is 431 g/mol. The fourth-order valence-electron chi connectivity index (χ4n) is 2.14. The van der Waals surface area contributed by atoms with Crippen molar-refractivity contribution in [3.8, 4) is 10.4 Å². The molecule has 0 saturated carbocycles.